The Morgan fingerprint density at radius 3 is 2.72 bits per heavy atom. The van der Waals surface area contributed by atoms with Crippen molar-refractivity contribution in [1.29, 1.82) is 0 Å². The lowest BCUT2D eigenvalue weighted by molar-refractivity contribution is 0.246. The zero-order valence-electron chi connectivity index (χ0n) is 14.2. The maximum absolute atomic E-state index is 4.50. The van der Waals surface area contributed by atoms with E-state index in [-0.39, 0.29) is 6.04 Å². The van der Waals surface area contributed by atoms with Crippen LogP contribution in [-0.2, 0) is 6.42 Å². The Bertz CT molecular complexity index is 984. The summed E-state index contributed by atoms with van der Waals surface area (Å²) in [6.45, 7) is 3.35. The minimum absolute atomic E-state index is 0.224. The van der Waals surface area contributed by atoms with Crippen molar-refractivity contribution in [3.05, 3.63) is 75.3 Å². The summed E-state index contributed by atoms with van der Waals surface area (Å²) in [6, 6.07) is 13.1. The highest BCUT2D eigenvalue weighted by molar-refractivity contribution is 9.10. The van der Waals surface area contributed by atoms with E-state index in [1.54, 1.807) is 0 Å². The first-order valence-corrected chi connectivity index (χ1v) is 9.68. The highest BCUT2D eigenvalue weighted by Crippen LogP contribution is 2.44. The third kappa shape index (κ3) is 2.35. The summed E-state index contributed by atoms with van der Waals surface area (Å²) in [4.78, 5) is 10.8. The number of halogens is 1. The number of aromatic nitrogens is 2. The Labute approximate surface area is 155 Å². The van der Waals surface area contributed by atoms with E-state index in [1.165, 1.54) is 51.8 Å². The van der Waals surface area contributed by atoms with Crippen LogP contribution in [0.4, 0.5) is 0 Å². The standard InChI is InChI=1S/C21H20BrN3/c1-13-6-8-18(13)25-11-10-16-15-4-2-3-5-17(15)24-20(16)21(25)14-7-9-19(22)23-12-14/h2-5,7,9,12,21,24H,6,8,10-11H2,1H3. The van der Waals surface area contributed by atoms with Crippen molar-refractivity contribution in [3.63, 3.8) is 0 Å². The van der Waals surface area contributed by atoms with Gasteiger partial charge < -0.3 is 9.88 Å². The largest absolute Gasteiger partial charge is 0.362 e. The average Bonchev–Trinajstić information content (AvgIpc) is 3.00. The monoisotopic (exact) mass is 393 g/mol. The molecule has 0 saturated heterocycles. The molecule has 0 bridgehead atoms. The number of hydrogen-bond donors (Lipinski definition) is 1. The SMILES string of the molecule is CC1=C(N2CCc3c([nH]c4ccccc34)C2c2ccc(Br)nc2)CC1. The normalized spacial score (nSPS) is 19.9. The second-order valence-electron chi connectivity index (χ2n) is 7.05. The van der Waals surface area contributed by atoms with Crippen molar-refractivity contribution in [3.8, 4) is 0 Å². The fourth-order valence-electron chi connectivity index (χ4n) is 4.30. The van der Waals surface area contributed by atoms with Crippen molar-refractivity contribution in [1.82, 2.24) is 14.9 Å². The summed E-state index contributed by atoms with van der Waals surface area (Å²) < 4.78 is 0.884. The maximum atomic E-state index is 4.50. The van der Waals surface area contributed by atoms with Crippen molar-refractivity contribution in [2.45, 2.75) is 32.2 Å². The smallest absolute Gasteiger partial charge is 0.106 e. The number of fused-ring (bicyclic) bond motifs is 3. The molecular weight excluding hydrogens is 374 g/mol. The molecule has 0 fully saturated rings. The van der Waals surface area contributed by atoms with Gasteiger partial charge in [-0.15, -0.1) is 0 Å². The summed E-state index contributed by atoms with van der Waals surface area (Å²) in [7, 11) is 0. The Kier molecular flexibility index (Phi) is 3.49. The van der Waals surface area contributed by atoms with Gasteiger partial charge in [0.15, 0.2) is 0 Å². The summed E-state index contributed by atoms with van der Waals surface area (Å²) in [6.07, 6.45) is 5.53. The maximum Gasteiger partial charge on any atom is 0.106 e. The van der Waals surface area contributed by atoms with Gasteiger partial charge in [0.05, 0.1) is 6.04 Å². The van der Waals surface area contributed by atoms with Crippen molar-refractivity contribution >= 4 is 26.8 Å². The molecule has 25 heavy (non-hydrogen) atoms. The second kappa shape index (κ2) is 5.73. The van der Waals surface area contributed by atoms with Gasteiger partial charge in [-0.1, -0.05) is 29.8 Å². The first-order valence-electron chi connectivity index (χ1n) is 8.88. The van der Waals surface area contributed by atoms with Gasteiger partial charge in [0.1, 0.15) is 4.60 Å². The van der Waals surface area contributed by atoms with E-state index in [9.17, 15) is 0 Å². The third-order valence-corrected chi connectivity index (χ3v) is 6.15. The van der Waals surface area contributed by atoms with Gasteiger partial charge >= 0.3 is 0 Å². The lowest BCUT2D eigenvalue weighted by atomic mass is 9.87. The molecule has 3 aromatic rings. The predicted octanol–water partition coefficient (Wildman–Crippen LogP) is 5.34. The van der Waals surface area contributed by atoms with Crippen LogP contribution in [0.5, 0.6) is 0 Å². The van der Waals surface area contributed by atoms with Crippen LogP contribution < -0.4 is 0 Å². The first kappa shape index (κ1) is 15.2. The molecule has 4 heteroatoms. The molecule has 0 saturated carbocycles. The number of allylic oxidation sites excluding steroid dienone is 2. The molecule has 3 heterocycles. The van der Waals surface area contributed by atoms with Gasteiger partial charge in [-0.2, -0.15) is 0 Å². The zero-order valence-corrected chi connectivity index (χ0v) is 15.8. The van der Waals surface area contributed by atoms with Crippen molar-refractivity contribution < 1.29 is 0 Å². The van der Waals surface area contributed by atoms with Crippen molar-refractivity contribution in [2.75, 3.05) is 6.54 Å². The molecule has 1 unspecified atom stereocenters. The van der Waals surface area contributed by atoms with Crippen LogP contribution >= 0.6 is 15.9 Å². The minimum Gasteiger partial charge on any atom is -0.362 e. The van der Waals surface area contributed by atoms with E-state index < -0.39 is 0 Å². The Balaban J connectivity index is 1.71. The van der Waals surface area contributed by atoms with E-state index >= 15 is 0 Å². The molecule has 1 aliphatic carbocycles. The number of aromatic amines is 1. The van der Waals surface area contributed by atoms with Crippen LogP contribution in [0.2, 0.25) is 0 Å². The molecule has 3 nitrogen and oxygen atoms in total. The number of nitrogens with one attached hydrogen (secondary N) is 1. The number of para-hydroxylation sites is 1. The first-order chi connectivity index (χ1) is 12.2. The zero-order chi connectivity index (χ0) is 17.0. The number of pyridine rings is 1. The van der Waals surface area contributed by atoms with E-state index in [0.717, 1.165) is 17.6 Å². The van der Waals surface area contributed by atoms with Gasteiger partial charge in [0, 0.05) is 35.0 Å². The number of nitrogens with zero attached hydrogens (tertiary/aromatic N) is 2. The summed E-state index contributed by atoms with van der Waals surface area (Å²) in [5, 5.41) is 1.37. The lowest BCUT2D eigenvalue weighted by Gasteiger charge is -2.43. The molecule has 5 rings (SSSR count). The highest BCUT2D eigenvalue weighted by atomic mass is 79.9. The Morgan fingerprint density at radius 1 is 1.12 bits per heavy atom. The molecule has 1 aliphatic heterocycles. The Morgan fingerprint density at radius 2 is 2.00 bits per heavy atom. The topological polar surface area (TPSA) is 31.9 Å². The molecule has 1 aromatic carbocycles. The quantitative estimate of drug-likeness (QED) is 0.595. The number of rotatable bonds is 2. The van der Waals surface area contributed by atoms with Gasteiger partial charge in [-0.25, -0.2) is 4.98 Å². The van der Waals surface area contributed by atoms with Crippen LogP contribution in [-0.4, -0.2) is 21.4 Å². The molecule has 1 N–H and O–H groups in total. The molecule has 0 radical (unpaired) electrons. The predicted molar refractivity (Wildman–Crippen MR) is 104 cm³/mol. The van der Waals surface area contributed by atoms with Crippen LogP contribution in [0.25, 0.3) is 10.9 Å². The van der Waals surface area contributed by atoms with E-state index in [1.807, 2.05) is 12.3 Å². The molecular formula is C21H20BrN3. The van der Waals surface area contributed by atoms with Crippen LogP contribution in [0.15, 0.2) is 58.5 Å². The molecule has 0 amide bonds. The molecule has 2 aliphatic rings. The van der Waals surface area contributed by atoms with Crippen molar-refractivity contribution in [2.24, 2.45) is 0 Å². The van der Waals surface area contributed by atoms with Gasteiger partial charge in [-0.05, 0) is 65.4 Å². The van der Waals surface area contributed by atoms with Crippen LogP contribution in [0.1, 0.15) is 42.6 Å². The number of H-pyrrole nitrogens is 1. The summed E-state index contributed by atoms with van der Waals surface area (Å²) >= 11 is 3.47. The van der Waals surface area contributed by atoms with Gasteiger partial charge in [0.25, 0.3) is 0 Å². The summed E-state index contributed by atoms with van der Waals surface area (Å²) in [5.74, 6) is 0. The van der Waals surface area contributed by atoms with E-state index in [4.69, 9.17) is 0 Å². The molecule has 1 atom stereocenters. The van der Waals surface area contributed by atoms with Gasteiger partial charge in [-0.3, -0.25) is 0 Å². The lowest BCUT2D eigenvalue weighted by Crippen LogP contribution is -2.38. The van der Waals surface area contributed by atoms with E-state index in [2.05, 4.69) is 68.1 Å². The fraction of sp³-hybridized carbons (Fsp3) is 0.286. The summed E-state index contributed by atoms with van der Waals surface area (Å²) in [5.41, 5.74) is 8.36. The second-order valence-corrected chi connectivity index (χ2v) is 7.86. The van der Waals surface area contributed by atoms with Crippen LogP contribution in [0, 0.1) is 0 Å². The van der Waals surface area contributed by atoms with Crippen LogP contribution in [0.3, 0.4) is 0 Å². The third-order valence-electron chi connectivity index (χ3n) is 5.68. The number of hydrogen-bond acceptors (Lipinski definition) is 2. The molecule has 2 aromatic heterocycles. The van der Waals surface area contributed by atoms with E-state index in [0.29, 0.717) is 0 Å². The number of benzene rings is 1. The fourth-order valence-corrected chi connectivity index (χ4v) is 4.54. The minimum atomic E-state index is 0.224. The Hall–Kier alpha value is -2.07. The molecule has 0 spiro atoms. The average molecular weight is 394 g/mol. The molecule has 126 valence electrons. The van der Waals surface area contributed by atoms with Gasteiger partial charge in [0.2, 0.25) is 0 Å². The highest BCUT2D eigenvalue weighted by Gasteiger charge is 2.35.